The highest BCUT2D eigenvalue weighted by molar-refractivity contribution is 7.85. The molecule has 0 aromatic heterocycles. The highest BCUT2D eigenvalue weighted by Gasteiger charge is 2.18. The summed E-state index contributed by atoms with van der Waals surface area (Å²) in [6.07, 6.45) is 1.19. The Labute approximate surface area is 83.5 Å². The summed E-state index contributed by atoms with van der Waals surface area (Å²) in [7, 11) is -4.11. The maximum atomic E-state index is 10.8. The highest BCUT2D eigenvalue weighted by Crippen LogP contribution is 2.05. The van der Waals surface area contributed by atoms with E-state index >= 15 is 0 Å². The van der Waals surface area contributed by atoms with Gasteiger partial charge in [-0.15, -0.1) is 0 Å². The zero-order valence-electron chi connectivity index (χ0n) is 7.97. The Kier molecular flexibility index (Phi) is 5.40. The first-order chi connectivity index (χ1) is 6.39. The Morgan fingerprint density at radius 1 is 1.64 bits per heavy atom. The summed E-state index contributed by atoms with van der Waals surface area (Å²) < 4.78 is 34.3. The first-order valence-electron chi connectivity index (χ1n) is 4.17. The van der Waals surface area contributed by atoms with Crippen molar-refractivity contribution < 1.29 is 22.5 Å². The van der Waals surface area contributed by atoms with Gasteiger partial charge in [0.25, 0.3) is 10.1 Å². The molecule has 0 saturated carbocycles. The summed E-state index contributed by atoms with van der Waals surface area (Å²) >= 11 is 0. The summed E-state index contributed by atoms with van der Waals surface area (Å²) in [4.78, 5) is 10.8. The second kappa shape index (κ2) is 5.77. The lowest BCUT2D eigenvalue weighted by molar-refractivity contribution is -0.142. The van der Waals surface area contributed by atoms with Gasteiger partial charge in [0.05, 0.1) is 0 Å². The number of esters is 1. The molecular formula is C8H14O5S. The molecule has 82 valence electrons. The van der Waals surface area contributed by atoms with Crippen LogP contribution in [0.2, 0.25) is 0 Å². The van der Waals surface area contributed by atoms with Gasteiger partial charge >= 0.3 is 5.97 Å². The molecular weight excluding hydrogens is 208 g/mol. The second-order valence-corrected chi connectivity index (χ2v) is 4.30. The highest BCUT2D eigenvalue weighted by atomic mass is 32.2. The van der Waals surface area contributed by atoms with Gasteiger partial charge in [-0.3, -0.25) is 4.55 Å². The zero-order chi connectivity index (χ0) is 11.2. The van der Waals surface area contributed by atoms with Gasteiger partial charge in [0.2, 0.25) is 0 Å². The SMILES string of the molecule is C=CC(=O)OC(CCC)CS(=O)(=O)O. The predicted molar refractivity (Wildman–Crippen MR) is 51.4 cm³/mol. The Morgan fingerprint density at radius 2 is 2.21 bits per heavy atom. The largest absolute Gasteiger partial charge is 0.458 e. The van der Waals surface area contributed by atoms with Gasteiger partial charge in [0.15, 0.2) is 0 Å². The Balaban J connectivity index is 4.29. The molecule has 0 saturated heterocycles. The fraction of sp³-hybridized carbons (Fsp3) is 0.625. The van der Waals surface area contributed by atoms with Crippen molar-refractivity contribution in [3.8, 4) is 0 Å². The van der Waals surface area contributed by atoms with Crippen molar-refractivity contribution in [3.05, 3.63) is 12.7 Å². The van der Waals surface area contributed by atoms with Crippen LogP contribution in [0.3, 0.4) is 0 Å². The van der Waals surface area contributed by atoms with Crippen LogP contribution < -0.4 is 0 Å². The molecule has 0 amide bonds. The monoisotopic (exact) mass is 222 g/mol. The van der Waals surface area contributed by atoms with E-state index in [4.69, 9.17) is 9.29 Å². The zero-order valence-corrected chi connectivity index (χ0v) is 8.79. The summed E-state index contributed by atoms with van der Waals surface area (Å²) in [5.74, 6) is -1.26. The van der Waals surface area contributed by atoms with E-state index in [1.54, 1.807) is 0 Å². The normalized spacial score (nSPS) is 13.3. The molecule has 6 heteroatoms. The molecule has 0 aliphatic carbocycles. The third-order valence-corrected chi connectivity index (χ3v) is 2.25. The first-order valence-corrected chi connectivity index (χ1v) is 5.78. The Bertz CT molecular complexity index is 293. The molecule has 5 nitrogen and oxygen atoms in total. The van der Waals surface area contributed by atoms with Gasteiger partial charge in [-0.1, -0.05) is 19.9 Å². The fourth-order valence-corrected chi connectivity index (χ4v) is 1.65. The summed E-state index contributed by atoms with van der Waals surface area (Å²) in [6.45, 7) is 5.00. The van der Waals surface area contributed by atoms with E-state index < -0.39 is 27.9 Å². The van der Waals surface area contributed by atoms with Crippen molar-refractivity contribution >= 4 is 16.1 Å². The van der Waals surface area contributed by atoms with Crippen LogP contribution in [0.1, 0.15) is 19.8 Å². The number of carbonyl (C=O) groups excluding carboxylic acids is 1. The van der Waals surface area contributed by atoms with Crippen LogP contribution in [0.25, 0.3) is 0 Å². The standard InChI is InChI=1S/C8H14O5S/c1-3-5-7(6-14(10,11)12)13-8(9)4-2/h4,7H,2-3,5-6H2,1H3,(H,10,11,12). The van der Waals surface area contributed by atoms with Crippen LogP contribution in [0.5, 0.6) is 0 Å². The van der Waals surface area contributed by atoms with Crippen LogP contribution in [0.4, 0.5) is 0 Å². The smallest absolute Gasteiger partial charge is 0.330 e. The first kappa shape index (κ1) is 13.1. The van der Waals surface area contributed by atoms with Crippen LogP contribution >= 0.6 is 0 Å². The predicted octanol–water partition coefficient (Wildman–Crippen LogP) is 0.772. The van der Waals surface area contributed by atoms with Crippen molar-refractivity contribution in [3.63, 3.8) is 0 Å². The number of hydrogen-bond donors (Lipinski definition) is 1. The maximum Gasteiger partial charge on any atom is 0.330 e. The molecule has 14 heavy (non-hydrogen) atoms. The lowest BCUT2D eigenvalue weighted by Gasteiger charge is -2.14. The Morgan fingerprint density at radius 3 is 2.57 bits per heavy atom. The molecule has 0 spiro atoms. The van der Waals surface area contributed by atoms with E-state index in [1.165, 1.54) is 0 Å². The molecule has 0 aromatic carbocycles. The van der Waals surface area contributed by atoms with E-state index in [1.807, 2.05) is 6.92 Å². The van der Waals surface area contributed by atoms with E-state index in [-0.39, 0.29) is 0 Å². The third kappa shape index (κ3) is 6.62. The van der Waals surface area contributed by atoms with E-state index in [0.29, 0.717) is 12.8 Å². The fourth-order valence-electron chi connectivity index (χ4n) is 0.946. The summed E-state index contributed by atoms with van der Waals surface area (Å²) in [6, 6.07) is 0. The average Bonchev–Trinajstić information content (AvgIpc) is 2.01. The Hall–Kier alpha value is -0.880. The van der Waals surface area contributed by atoms with Gasteiger partial charge in [0.1, 0.15) is 11.9 Å². The van der Waals surface area contributed by atoms with E-state index in [0.717, 1.165) is 6.08 Å². The quantitative estimate of drug-likeness (QED) is 0.408. The van der Waals surface area contributed by atoms with Crippen molar-refractivity contribution in [2.24, 2.45) is 0 Å². The molecule has 0 bridgehead atoms. The number of ether oxygens (including phenoxy) is 1. The minimum Gasteiger partial charge on any atom is -0.458 e. The molecule has 0 radical (unpaired) electrons. The van der Waals surface area contributed by atoms with Gasteiger partial charge in [-0.25, -0.2) is 4.79 Å². The lowest BCUT2D eigenvalue weighted by atomic mass is 10.2. The van der Waals surface area contributed by atoms with Gasteiger partial charge in [0, 0.05) is 6.08 Å². The average molecular weight is 222 g/mol. The van der Waals surface area contributed by atoms with Crippen molar-refractivity contribution in [2.45, 2.75) is 25.9 Å². The van der Waals surface area contributed by atoms with Crippen LogP contribution in [0.15, 0.2) is 12.7 Å². The van der Waals surface area contributed by atoms with Crippen LogP contribution in [-0.2, 0) is 19.6 Å². The van der Waals surface area contributed by atoms with Crippen LogP contribution in [-0.4, -0.2) is 30.8 Å². The van der Waals surface area contributed by atoms with E-state index in [9.17, 15) is 13.2 Å². The molecule has 1 N–H and O–H groups in total. The number of hydrogen-bond acceptors (Lipinski definition) is 4. The lowest BCUT2D eigenvalue weighted by Crippen LogP contribution is -2.25. The minimum absolute atomic E-state index is 0.388. The van der Waals surface area contributed by atoms with Crippen molar-refractivity contribution in [2.75, 3.05) is 5.75 Å². The third-order valence-electron chi connectivity index (χ3n) is 1.46. The second-order valence-electron chi connectivity index (χ2n) is 2.80. The molecule has 1 atom stereocenters. The van der Waals surface area contributed by atoms with Gasteiger partial charge in [-0.05, 0) is 6.42 Å². The van der Waals surface area contributed by atoms with Gasteiger partial charge in [-0.2, -0.15) is 8.42 Å². The number of carbonyl (C=O) groups is 1. The van der Waals surface area contributed by atoms with Crippen molar-refractivity contribution in [1.82, 2.24) is 0 Å². The van der Waals surface area contributed by atoms with Gasteiger partial charge < -0.3 is 4.74 Å². The van der Waals surface area contributed by atoms with Crippen molar-refractivity contribution in [1.29, 1.82) is 0 Å². The summed E-state index contributed by atoms with van der Waals surface area (Å²) in [5.41, 5.74) is 0. The maximum absolute atomic E-state index is 10.8. The summed E-state index contributed by atoms with van der Waals surface area (Å²) in [5, 5.41) is 0. The number of rotatable bonds is 6. The minimum atomic E-state index is -4.11. The molecule has 0 aliphatic heterocycles. The molecule has 1 unspecified atom stereocenters. The molecule has 0 heterocycles. The molecule has 0 aliphatic rings. The van der Waals surface area contributed by atoms with Crippen LogP contribution in [0, 0.1) is 0 Å². The topological polar surface area (TPSA) is 80.7 Å². The molecule has 0 aromatic rings. The van der Waals surface area contributed by atoms with E-state index in [2.05, 4.69) is 6.58 Å². The molecule has 0 rings (SSSR count). The molecule has 0 fully saturated rings.